The first-order chi connectivity index (χ1) is 14.0. The number of fused-ring (bicyclic) bond motifs is 1. The Morgan fingerprint density at radius 3 is 2.50 bits per heavy atom. The first kappa shape index (κ1) is 24.1. The van der Waals surface area contributed by atoms with Gasteiger partial charge in [-0.2, -0.15) is 0 Å². The fraction of sp³-hybridized carbons (Fsp3) is 0.478. The molecule has 0 saturated carbocycles. The lowest BCUT2D eigenvalue weighted by atomic mass is 9.99. The van der Waals surface area contributed by atoms with Crippen molar-refractivity contribution >= 4 is 35.1 Å². The van der Waals surface area contributed by atoms with Crippen LogP contribution in [0.5, 0.6) is 0 Å². The van der Waals surface area contributed by atoms with Crippen molar-refractivity contribution < 1.29 is 14.7 Å². The molecule has 0 aliphatic carbocycles. The molecule has 1 aliphatic rings. The highest BCUT2D eigenvalue weighted by Crippen LogP contribution is 2.24. The van der Waals surface area contributed by atoms with E-state index in [0.29, 0.717) is 6.54 Å². The minimum atomic E-state index is -0.781. The van der Waals surface area contributed by atoms with Crippen molar-refractivity contribution in [2.45, 2.75) is 38.8 Å². The fourth-order valence-corrected chi connectivity index (χ4v) is 4.31. The number of aliphatic carboxylic acids is 1. The molecule has 1 aliphatic heterocycles. The van der Waals surface area contributed by atoms with Crippen molar-refractivity contribution in [3.05, 3.63) is 48.0 Å². The van der Waals surface area contributed by atoms with E-state index >= 15 is 0 Å². The van der Waals surface area contributed by atoms with Gasteiger partial charge in [-0.15, -0.1) is 12.4 Å². The van der Waals surface area contributed by atoms with Gasteiger partial charge in [0.2, 0.25) is 5.91 Å². The van der Waals surface area contributed by atoms with Crippen LogP contribution >= 0.6 is 12.4 Å². The van der Waals surface area contributed by atoms with Crippen LogP contribution in [0, 0.1) is 0 Å². The average molecular weight is 434 g/mol. The highest BCUT2D eigenvalue weighted by Gasteiger charge is 2.26. The van der Waals surface area contributed by atoms with Gasteiger partial charge >= 0.3 is 5.97 Å². The number of carbonyl (C=O) groups is 2. The summed E-state index contributed by atoms with van der Waals surface area (Å²) >= 11 is 0. The number of likely N-dealkylation sites (N-methyl/N-ethyl adjacent to an activating group) is 1. The number of carboxylic acids is 1. The topological polar surface area (TPSA) is 72.9 Å². The van der Waals surface area contributed by atoms with Crippen LogP contribution in [0.4, 0.5) is 0 Å². The highest BCUT2D eigenvalue weighted by atomic mass is 35.5. The number of likely N-dealkylation sites (tertiary alicyclic amines) is 1. The molecule has 0 aromatic heterocycles. The van der Waals surface area contributed by atoms with E-state index < -0.39 is 5.97 Å². The third-order valence-corrected chi connectivity index (χ3v) is 5.85. The molecule has 164 valence electrons. The van der Waals surface area contributed by atoms with Gasteiger partial charge in [-0.05, 0) is 42.6 Å². The maximum Gasteiger partial charge on any atom is 0.317 e. The summed E-state index contributed by atoms with van der Waals surface area (Å²) in [5.41, 5.74) is 1.13. The Balaban J connectivity index is 0.00000320. The van der Waals surface area contributed by atoms with Crippen LogP contribution < -0.4 is 5.32 Å². The van der Waals surface area contributed by atoms with E-state index in [4.69, 9.17) is 5.11 Å². The third kappa shape index (κ3) is 6.17. The number of carboxylic acid groups (broad SMARTS) is 1. The molecule has 2 aromatic rings. The third-order valence-electron chi connectivity index (χ3n) is 5.85. The number of nitrogens with one attached hydrogen (secondary N) is 1. The average Bonchev–Trinajstić information content (AvgIpc) is 2.72. The molecule has 3 rings (SSSR count). The Bertz CT molecular complexity index is 847. The Morgan fingerprint density at radius 1 is 1.17 bits per heavy atom. The summed E-state index contributed by atoms with van der Waals surface area (Å²) in [6, 6.07) is 14.6. The molecule has 7 heteroatoms. The maximum absolute atomic E-state index is 12.6. The zero-order chi connectivity index (χ0) is 20.8. The van der Waals surface area contributed by atoms with Crippen LogP contribution in [0.2, 0.25) is 0 Å². The molecule has 0 spiro atoms. The Hall–Kier alpha value is -2.15. The zero-order valence-corrected chi connectivity index (χ0v) is 18.5. The van der Waals surface area contributed by atoms with Crippen LogP contribution in [-0.2, 0) is 9.59 Å². The van der Waals surface area contributed by atoms with Gasteiger partial charge in [-0.3, -0.25) is 19.4 Å². The van der Waals surface area contributed by atoms with Crippen LogP contribution in [0.1, 0.15) is 38.3 Å². The van der Waals surface area contributed by atoms with Gasteiger partial charge < -0.3 is 10.4 Å². The summed E-state index contributed by atoms with van der Waals surface area (Å²) in [5, 5.41) is 14.5. The first-order valence-electron chi connectivity index (χ1n) is 10.4. The number of rotatable bonds is 8. The minimum absolute atomic E-state index is 0. The molecule has 1 amide bonds. The van der Waals surface area contributed by atoms with Gasteiger partial charge in [0.1, 0.15) is 0 Å². The second-order valence-corrected chi connectivity index (χ2v) is 7.82. The smallest absolute Gasteiger partial charge is 0.317 e. The predicted octanol–water partition coefficient (Wildman–Crippen LogP) is 3.31. The number of benzene rings is 2. The number of hydrogen-bond acceptors (Lipinski definition) is 4. The molecule has 6 nitrogen and oxygen atoms in total. The van der Waals surface area contributed by atoms with Gasteiger partial charge in [-0.1, -0.05) is 49.4 Å². The standard InChI is InChI=1S/C23H31N3O3.ClH/c1-3-26(16-23(28)29)19-11-13-25(14-12-19)15-22(27)24-17(2)20-10-6-8-18-7-4-5-9-21(18)20;/h4-10,17,19H,3,11-16H2,1-2H3,(H,24,27)(H,28,29);1H. The molecular formula is C23H32ClN3O3. The molecule has 1 unspecified atom stereocenters. The molecule has 2 aromatic carbocycles. The lowest BCUT2D eigenvalue weighted by molar-refractivity contribution is -0.139. The number of nitrogens with zero attached hydrogens (tertiary/aromatic N) is 2. The number of carbonyl (C=O) groups excluding carboxylic acids is 1. The van der Waals surface area contributed by atoms with Crippen molar-refractivity contribution in [1.29, 1.82) is 0 Å². The molecule has 1 heterocycles. The van der Waals surface area contributed by atoms with Crippen molar-refractivity contribution in [3.8, 4) is 0 Å². The summed E-state index contributed by atoms with van der Waals surface area (Å²) < 4.78 is 0. The van der Waals surface area contributed by atoms with Crippen LogP contribution in [0.25, 0.3) is 10.8 Å². The summed E-state index contributed by atoms with van der Waals surface area (Å²) in [7, 11) is 0. The van der Waals surface area contributed by atoms with Gasteiger partial charge in [0.15, 0.2) is 0 Å². The Morgan fingerprint density at radius 2 is 1.83 bits per heavy atom. The Labute approximate surface area is 184 Å². The fourth-order valence-electron chi connectivity index (χ4n) is 4.31. The molecule has 1 saturated heterocycles. The second kappa shape index (κ2) is 11.3. The van der Waals surface area contributed by atoms with E-state index in [1.807, 2.05) is 36.9 Å². The number of amides is 1. The van der Waals surface area contributed by atoms with Gasteiger partial charge in [0.05, 0.1) is 19.1 Å². The normalized spacial score (nSPS) is 16.2. The van der Waals surface area contributed by atoms with E-state index in [9.17, 15) is 9.59 Å². The van der Waals surface area contributed by atoms with E-state index in [0.717, 1.165) is 38.0 Å². The second-order valence-electron chi connectivity index (χ2n) is 7.82. The number of hydrogen-bond donors (Lipinski definition) is 2. The Kier molecular flexibility index (Phi) is 9.08. The highest BCUT2D eigenvalue weighted by molar-refractivity contribution is 5.87. The van der Waals surface area contributed by atoms with Crippen LogP contribution in [-0.4, -0.2) is 65.5 Å². The summed E-state index contributed by atoms with van der Waals surface area (Å²) in [5.74, 6) is -0.752. The lowest BCUT2D eigenvalue weighted by Gasteiger charge is -2.37. The quantitative estimate of drug-likeness (QED) is 0.668. The maximum atomic E-state index is 12.6. The summed E-state index contributed by atoms with van der Waals surface area (Å²) in [6.45, 7) is 6.86. The first-order valence-corrected chi connectivity index (χ1v) is 10.4. The van der Waals surface area contributed by atoms with E-state index in [-0.39, 0.29) is 36.9 Å². The van der Waals surface area contributed by atoms with E-state index in [1.165, 1.54) is 10.8 Å². The van der Waals surface area contributed by atoms with Crippen molar-refractivity contribution in [3.63, 3.8) is 0 Å². The molecule has 0 bridgehead atoms. The molecule has 1 fully saturated rings. The SMILES string of the molecule is CCN(CC(=O)O)C1CCN(CC(=O)NC(C)c2cccc3ccccc23)CC1.Cl. The largest absolute Gasteiger partial charge is 0.480 e. The number of piperidine rings is 1. The molecular weight excluding hydrogens is 402 g/mol. The van der Waals surface area contributed by atoms with Crippen molar-refractivity contribution in [2.24, 2.45) is 0 Å². The van der Waals surface area contributed by atoms with Crippen LogP contribution in [0.15, 0.2) is 42.5 Å². The predicted molar refractivity (Wildman–Crippen MR) is 122 cm³/mol. The minimum Gasteiger partial charge on any atom is -0.480 e. The van der Waals surface area contributed by atoms with E-state index in [2.05, 4.69) is 34.5 Å². The zero-order valence-electron chi connectivity index (χ0n) is 17.7. The summed E-state index contributed by atoms with van der Waals surface area (Å²) in [6.07, 6.45) is 1.79. The molecule has 2 N–H and O–H groups in total. The van der Waals surface area contributed by atoms with E-state index in [1.54, 1.807) is 0 Å². The van der Waals surface area contributed by atoms with Gasteiger partial charge in [0.25, 0.3) is 0 Å². The van der Waals surface area contributed by atoms with Gasteiger partial charge in [0, 0.05) is 19.1 Å². The number of halogens is 1. The molecule has 30 heavy (non-hydrogen) atoms. The summed E-state index contributed by atoms with van der Waals surface area (Å²) in [4.78, 5) is 27.8. The van der Waals surface area contributed by atoms with Gasteiger partial charge in [-0.25, -0.2) is 0 Å². The lowest BCUT2D eigenvalue weighted by Crippen LogP contribution is -2.48. The van der Waals surface area contributed by atoms with Crippen LogP contribution in [0.3, 0.4) is 0 Å². The monoisotopic (exact) mass is 433 g/mol. The van der Waals surface area contributed by atoms with Crippen molar-refractivity contribution in [1.82, 2.24) is 15.1 Å². The molecule has 1 atom stereocenters. The van der Waals surface area contributed by atoms with Crippen molar-refractivity contribution in [2.75, 3.05) is 32.7 Å². The molecule has 0 radical (unpaired) electrons.